The van der Waals surface area contributed by atoms with Crippen molar-refractivity contribution in [2.75, 3.05) is 0 Å². The Hall–Kier alpha value is -2.05. The van der Waals surface area contributed by atoms with Gasteiger partial charge in [0.2, 0.25) is 0 Å². The number of thiol groups is 1. The van der Waals surface area contributed by atoms with Crippen molar-refractivity contribution in [3.63, 3.8) is 0 Å². The molecule has 1 heterocycles. The third-order valence-corrected chi connectivity index (χ3v) is 3.89. The van der Waals surface area contributed by atoms with E-state index in [4.69, 9.17) is 9.52 Å². The van der Waals surface area contributed by atoms with Gasteiger partial charge in [-0.25, -0.2) is 4.98 Å². The molecule has 2 aromatic carbocycles. The average Bonchev–Trinajstić information content (AvgIpc) is 3.11. The number of benzene rings is 2. The fourth-order valence-electron chi connectivity index (χ4n) is 1.83. The molecule has 0 spiro atoms. The molecule has 0 aliphatic heterocycles. The molecule has 0 amide bonds. The fourth-order valence-corrected chi connectivity index (χ4v) is 2.09. The van der Waals surface area contributed by atoms with Gasteiger partial charge < -0.3 is 9.52 Å². The lowest BCUT2D eigenvalue weighted by atomic mass is 10.0. The van der Waals surface area contributed by atoms with E-state index in [2.05, 4.69) is 57.8 Å². The van der Waals surface area contributed by atoms with Crippen molar-refractivity contribution < 1.29 is 14.3 Å². The SMILES string of the molecule is Brc1ccc(-c2ccc(-c3cnco3)cc2)cc1.CC(S)C(=O)O. The molecule has 0 saturated carbocycles. The van der Waals surface area contributed by atoms with E-state index in [0.29, 0.717) is 0 Å². The summed E-state index contributed by atoms with van der Waals surface area (Å²) in [6, 6.07) is 16.5. The van der Waals surface area contributed by atoms with E-state index >= 15 is 0 Å². The number of carbonyl (C=O) groups is 1. The first-order valence-corrected chi connectivity index (χ1v) is 8.44. The Balaban J connectivity index is 0.000000301. The summed E-state index contributed by atoms with van der Waals surface area (Å²) in [5.74, 6) is -0.0873. The summed E-state index contributed by atoms with van der Waals surface area (Å²) < 4.78 is 6.35. The van der Waals surface area contributed by atoms with Crippen LogP contribution in [-0.4, -0.2) is 21.3 Å². The van der Waals surface area contributed by atoms with Crippen LogP contribution in [0.1, 0.15) is 6.92 Å². The Morgan fingerprint density at radius 3 is 1.96 bits per heavy atom. The van der Waals surface area contributed by atoms with Crippen LogP contribution in [0.4, 0.5) is 0 Å². The van der Waals surface area contributed by atoms with Crippen molar-refractivity contribution in [2.24, 2.45) is 0 Å². The van der Waals surface area contributed by atoms with Gasteiger partial charge in [-0.05, 0) is 30.2 Å². The quantitative estimate of drug-likeness (QED) is 0.590. The molecule has 1 unspecified atom stereocenters. The average molecular weight is 406 g/mol. The monoisotopic (exact) mass is 405 g/mol. The van der Waals surface area contributed by atoms with E-state index in [1.54, 1.807) is 6.20 Å². The Labute approximate surface area is 154 Å². The second-order valence-electron chi connectivity index (χ2n) is 4.96. The van der Waals surface area contributed by atoms with Crippen molar-refractivity contribution in [3.8, 4) is 22.5 Å². The molecule has 4 nitrogen and oxygen atoms in total. The summed E-state index contributed by atoms with van der Waals surface area (Å²) in [6.07, 6.45) is 3.16. The topological polar surface area (TPSA) is 63.3 Å². The number of rotatable bonds is 3. The maximum atomic E-state index is 9.62. The molecule has 0 fully saturated rings. The summed E-state index contributed by atoms with van der Waals surface area (Å²) in [7, 11) is 0. The highest BCUT2D eigenvalue weighted by Gasteiger charge is 2.02. The van der Waals surface area contributed by atoms with Gasteiger partial charge in [-0.2, -0.15) is 12.6 Å². The lowest BCUT2D eigenvalue weighted by Crippen LogP contribution is -2.06. The fraction of sp³-hybridized carbons (Fsp3) is 0.111. The van der Waals surface area contributed by atoms with Gasteiger partial charge >= 0.3 is 5.97 Å². The Bertz CT molecular complexity index is 769. The van der Waals surface area contributed by atoms with E-state index in [1.165, 1.54) is 24.4 Å². The molecule has 0 bridgehead atoms. The van der Waals surface area contributed by atoms with Gasteiger partial charge in [0, 0.05) is 10.0 Å². The summed E-state index contributed by atoms with van der Waals surface area (Å²) in [4.78, 5) is 13.5. The third-order valence-electron chi connectivity index (χ3n) is 3.14. The van der Waals surface area contributed by atoms with Gasteiger partial charge in [-0.1, -0.05) is 52.3 Å². The molecule has 24 heavy (non-hydrogen) atoms. The van der Waals surface area contributed by atoms with Gasteiger partial charge in [0.25, 0.3) is 0 Å². The summed E-state index contributed by atoms with van der Waals surface area (Å²) in [5, 5.41) is 7.38. The van der Waals surface area contributed by atoms with Gasteiger partial charge in [-0.15, -0.1) is 0 Å². The first kappa shape index (κ1) is 18.3. The molecular formula is C18H16BrNO3S. The predicted octanol–water partition coefficient (Wildman–Crippen LogP) is 5.16. The molecule has 1 aromatic heterocycles. The van der Waals surface area contributed by atoms with Crippen LogP contribution in [0.3, 0.4) is 0 Å². The van der Waals surface area contributed by atoms with Gasteiger partial charge in [-0.3, -0.25) is 4.79 Å². The van der Waals surface area contributed by atoms with Crippen molar-refractivity contribution >= 4 is 34.5 Å². The molecule has 0 saturated heterocycles. The van der Waals surface area contributed by atoms with Crippen molar-refractivity contribution in [1.29, 1.82) is 0 Å². The minimum Gasteiger partial charge on any atom is -0.480 e. The zero-order chi connectivity index (χ0) is 17.5. The predicted molar refractivity (Wildman–Crippen MR) is 101 cm³/mol. The van der Waals surface area contributed by atoms with Crippen molar-refractivity contribution in [1.82, 2.24) is 4.98 Å². The maximum absolute atomic E-state index is 9.62. The number of halogens is 1. The number of hydrogen-bond acceptors (Lipinski definition) is 4. The number of aromatic nitrogens is 1. The standard InChI is InChI=1S/C15H10BrNO.C3H6O2S/c16-14-7-5-12(6-8-14)11-1-3-13(4-2-11)15-9-17-10-18-15;1-2(6)3(4)5/h1-10H;2,6H,1H3,(H,4,5). The van der Waals surface area contributed by atoms with E-state index in [9.17, 15) is 4.79 Å². The number of hydrogen-bond donors (Lipinski definition) is 2. The van der Waals surface area contributed by atoms with E-state index in [-0.39, 0.29) is 0 Å². The first-order valence-electron chi connectivity index (χ1n) is 7.13. The van der Waals surface area contributed by atoms with Gasteiger partial charge in [0.1, 0.15) is 0 Å². The number of aliphatic carboxylic acids is 1. The highest BCUT2D eigenvalue weighted by Crippen LogP contribution is 2.25. The first-order chi connectivity index (χ1) is 11.5. The Morgan fingerprint density at radius 2 is 1.54 bits per heavy atom. The lowest BCUT2D eigenvalue weighted by Gasteiger charge is -2.03. The summed E-state index contributed by atoms with van der Waals surface area (Å²) in [5.41, 5.74) is 3.42. The third kappa shape index (κ3) is 5.25. The van der Waals surface area contributed by atoms with Crippen LogP contribution < -0.4 is 0 Å². The maximum Gasteiger partial charge on any atom is 0.316 e. The molecule has 1 N–H and O–H groups in total. The second-order valence-corrected chi connectivity index (χ2v) is 6.65. The molecule has 3 rings (SSSR count). The number of oxazole rings is 1. The van der Waals surface area contributed by atoms with Crippen LogP contribution in [0.5, 0.6) is 0 Å². The molecule has 6 heteroatoms. The minimum atomic E-state index is -0.877. The zero-order valence-electron chi connectivity index (χ0n) is 12.9. The molecule has 1 atom stereocenters. The van der Waals surface area contributed by atoms with Crippen molar-refractivity contribution in [3.05, 3.63) is 65.6 Å². The molecule has 0 radical (unpaired) electrons. The highest BCUT2D eigenvalue weighted by atomic mass is 79.9. The van der Waals surface area contributed by atoms with Gasteiger partial charge in [0.05, 0.1) is 11.4 Å². The molecule has 3 aromatic rings. The molecule has 0 aliphatic rings. The highest BCUT2D eigenvalue weighted by molar-refractivity contribution is 9.10. The van der Waals surface area contributed by atoms with Crippen LogP contribution in [0.25, 0.3) is 22.5 Å². The van der Waals surface area contributed by atoms with E-state index < -0.39 is 11.2 Å². The van der Waals surface area contributed by atoms with Crippen LogP contribution in [0.15, 0.2) is 70.0 Å². The second kappa shape index (κ2) is 8.70. The largest absolute Gasteiger partial charge is 0.480 e. The van der Waals surface area contributed by atoms with Crippen LogP contribution >= 0.6 is 28.6 Å². The van der Waals surface area contributed by atoms with Crippen LogP contribution in [0, 0.1) is 0 Å². The number of carboxylic acids is 1. The smallest absolute Gasteiger partial charge is 0.316 e. The Morgan fingerprint density at radius 1 is 1.08 bits per heavy atom. The van der Waals surface area contributed by atoms with Crippen molar-refractivity contribution in [2.45, 2.75) is 12.2 Å². The zero-order valence-corrected chi connectivity index (χ0v) is 15.4. The Kier molecular flexibility index (Phi) is 6.63. The summed E-state index contributed by atoms with van der Waals surface area (Å²) >= 11 is 7.03. The normalized spacial score (nSPS) is 11.3. The van der Waals surface area contributed by atoms with Crippen LogP contribution in [-0.2, 0) is 4.79 Å². The number of carboxylic acid groups (broad SMARTS) is 1. The van der Waals surface area contributed by atoms with Gasteiger partial charge in [0.15, 0.2) is 12.2 Å². The lowest BCUT2D eigenvalue weighted by molar-refractivity contribution is -0.136. The van der Waals surface area contributed by atoms with Crippen LogP contribution in [0.2, 0.25) is 0 Å². The molecule has 124 valence electrons. The molecule has 0 aliphatic carbocycles. The number of nitrogens with zero attached hydrogens (tertiary/aromatic N) is 1. The minimum absolute atomic E-state index is 0.537. The molecular weight excluding hydrogens is 390 g/mol. The van der Waals surface area contributed by atoms with E-state index in [1.807, 2.05) is 24.3 Å². The van der Waals surface area contributed by atoms with E-state index in [0.717, 1.165) is 15.8 Å². The summed E-state index contributed by atoms with van der Waals surface area (Å²) in [6.45, 7) is 1.51.